The summed E-state index contributed by atoms with van der Waals surface area (Å²) in [7, 11) is 0. The van der Waals surface area contributed by atoms with E-state index in [-0.39, 0.29) is 0 Å². The van der Waals surface area contributed by atoms with Crippen LogP contribution in [0, 0.1) is 0 Å². The van der Waals surface area contributed by atoms with Gasteiger partial charge >= 0.3 is 0 Å². The average Bonchev–Trinajstić information content (AvgIpc) is 3.73. The van der Waals surface area contributed by atoms with Crippen LogP contribution >= 0.6 is 0 Å². The second kappa shape index (κ2) is 11.0. The maximum atomic E-state index is 6.45. The van der Waals surface area contributed by atoms with Crippen LogP contribution in [0.15, 0.2) is 185 Å². The first-order valence-electron chi connectivity index (χ1n) is 16.6. The minimum Gasteiger partial charge on any atom is -0.456 e. The highest BCUT2D eigenvalue weighted by Gasteiger charge is 2.18. The molecule has 0 spiro atoms. The fraction of sp³-hybridized carbons (Fsp3) is 0. The Morgan fingerprint density at radius 2 is 0.980 bits per heavy atom. The van der Waals surface area contributed by atoms with Crippen molar-refractivity contribution < 1.29 is 8.83 Å². The van der Waals surface area contributed by atoms with Crippen LogP contribution in [0.4, 0.5) is 17.1 Å². The van der Waals surface area contributed by atoms with Gasteiger partial charge in [-0.2, -0.15) is 0 Å². The summed E-state index contributed by atoms with van der Waals surface area (Å²) in [5, 5.41) is 6.86. The maximum Gasteiger partial charge on any atom is 0.143 e. The Morgan fingerprint density at radius 3 is 1.88 bits per heavy atom. The second-order valence-corrected chi connectivity index (χ2v) is 12.5. The van der Waals surface area contributed by atoms with Crippen molar-refractivity contribution in [2.24, 2.45) is 0 Å². The molecule has 0 saturated carbocycles. The molecule has 0 radical (unpaired) electrons. The lowest BCUT2D eigenvalue weighted by atomic mass is 10.00. The van der Waals surface area contributed by atoms with E-state index in [4.69, 9.17) is 8.83 Å². The summed E-state index contributed by atoms with van der Waals surface area (Å²) in [5.41, 5.74) is 11.4. The van der Waals surface area contributed by atoms with Gasteiger partial charge in [0.25, 0.3) is 0 Å². The molecular weight excluding hydrogens is 599 g/mol. The topological polar surface area (TPSA) is 29.5 Å². The highest BCUT2D eigenvalue weighted by atomic mass is 16.3. The number of fused-ring (bicyclic) bond motifs is 7. The molecule has 10 rings (SSSR count). The van der Waals surface area contributed by atoms with Gasteiger partial charge in [-0.1, -0.05) is 121 Å². The van der Waals surface area contributed by atoms with Crippen molar-refractivity contribution in [1.82, 2.24) is 0 Å². The molecule has 230 valence electrons. The molecule has 0 amide bonds. The zero-order chi connectivity index (χ0) is 32.3. The van der Waals surface area contributed by atoms with Crippen molar-refractivity contribution in [1.29, 1.82) is 0 Å². The van der Waals surface area contributed by atoms with Gasteiger partial charge in [0.15, 0.2) is 0 Å². The van der Waals surface area contributed by atoms with E-state index < -0.39 is 0 Å². The molecule has 0 aliphatic rings. The lowest BCUT2D eigenvalue weighted by Crippen LogP contribution is -2.10. The number of benzene rings is 8. The minimum atomic E-state index is 0.885. The van der Waals surface area contributed by atoms with Crippen LogP contribution in [0.2, 0.25) is 0 Å². The highest BCUT2D eigenvalue weighted by Crippen LogP contribution is 2.42. The van der Waals surface area contributed by atoms with E-state index in [0.717, 1.165) is 83.2 Å². The average molecular weight is 628 g/mol. The molecule has 0 aliphatic heterocycles. The van der Waals surface area contributed by atoms with Gasteiger partial charge in [-0.25, -0.2) is 0 Å². The summed E-state index contributed by atoms with van der Waals surface area (Å²) in [4.78, 5) is 2.35. The van der Waals surface area contributed by atoms with Crippen LogP contribution < -0.4 is 4.90 Å². The van der Waals surface area contributed by atoms with E-state index in [1.165, 1.54) is 10.8 Å². The molecule has 0 N–H and O–H groups in total. The van der Waals surface area contributed by atoms with Crippen LogP contribution in [0.5, 0.6) is 0 Å². The molecule has 49 heavy (non-hydrogen) atoms. The van der Waals surface area contributed by atoms with Crippen LogP contribution in [0.1, 0.15) is 0 Å². The van der Waals surface area contributed by atoms with Gasteiger partial charge in [0.05, 0.1) is 5.69 Å². The fourth-order valence-electron chi connectivity index (χ4n) is 7.31. The summed E-state index contributed by atoms with van der Waals surface area (Å²) in [6.07, 6.45) is 0. The summed E-state index contributed by atoms with van der Waals surface area (Å²) >= 11 is 0. The lowest BCUT2D eigenvalue weighted by molar-refractivity contribution is 0.669. The Kier molecular flexibility index (Phi) is 6.18. The van der Waals surface area contributed by atoms with Gasteiger partial charge < -0.3 is 13.7 Å². The van der Waals surface area contributed by atoms with Crippen molar-refractivity contribution in [2.75, 3.05) is 4.90 Å². The van der Waals surface area contributed by atoms with Crippen LogP contribution in [-0.2, 0) is 0 Å². The predicted molar refractivity (Wildman–Crippen MR) is 204 cm³/mol. The molecule has 3 nitrogen and oxygen atoms in total. The van der Waals surface area contributed by atoms with Crippen molar-refractivity contribution in [3.63, 3.8) is 0 Å². The molecule has 2 aromatic heterocycles. The molecule has 0 aliphatic carbocycles. The Balaban J connectivity index is 1.10. The highest BCUT2D eigenvalue weighted by molar-refractivity contribution is 6.11. The van der Waals surface area contributed by atoms with Crippen molar-refractivity contribution in [3.05, 3.63) is 176 Å². The first-order valence-corrected chi connectivity index (χ1v) is 16.6. The van der Waals surface area contributed by atoms with Gasteiger partial charge in [0.2, 0.25) is 0 Å². The SMILES string of the molecule is c1ccc(-c2cccc3c2oc2ccc(-c4ccc(N(c5ccc6oc7ccccc7c6c5)c5cccc6ccccc56)cc4)cc23)cc1. The Labute approximate surface area is 282 Å². The monoisotopic (exact) mass is 627 g/mol. The van der Waals surface area contributed by atoms with Gasteiger partial charge in [0, 0.05) is 43.9 Å². The van der Waals surface area contributed by atoms with Gasteiger partial charge in [-0.05, 0) is 76.7 Å². The van der Waals surface area contributed by atoms with Gasteiger partial charge in [0.1, 0.15) is 22.3 Å². The zero-order valence-electron chi connectivity index (χ0n) is 26.5. The van der Waals surface area contributed by atoms with E-state index in [1.807, 2.05) is 18.2 Å². The summed E-state index contributed by atoms with van der Waals surface area (Å²) in [6.45, 7) is 0. The number of rotatable bonds is 5. The lowest BCUT2D eigenvalue weighted by Gasteiger charge is -2.27. The zero-order valence-corrected chi connectivity index (χ0v) is 26.5. The minimum absolute atomic E-state index is 0.885. The summed E-state index contributed by atoms with van der Waals surface area (Å²) in [6, 6.07) is 62.1. The van der Waals surface area contributed by atoms with Gasteiger partial charge in [-0.3, -0.25) is 0 Å². The van der Waals surface area contributed by atoms with E-state index in [2.05, 4.69) is 163 Å². The van der Waals surface area contributed by atoms with Crippen LogP contribution in [0.25, 0.3) is 76.9 Å². The molecule has 0 unspecified atom stereocenters. The molecule has 0 atom stereocenters. The Bertz CT molecular complexity index is 2820. The number of para-hydroxylation sites is 2. The molecule has 8 aromatic carbocycles. The maximum absolute atomic E-state index is 6.45. The molecule has 0 saturated heterocycles. The Morgan fingerprint density at radius 1 is 0.347 bits per heavy atom. The van der Waals surface area contributed by atoms with E-state index in [9.17, 15) is 0 Å². The molecule has 0 fully saturated rings. The first kappa shape index (κ1) is 27.5. The summed E-state index contributed by atoms with van der Waals surface area (Å²) < 4.78 is 12.6. The quantitative estimate of drug-likeness (QED) is 0.190. The fourth-order valence-corrected chi connectivity index (χ4v) is 7.31. The molecule has 3 heteroatoms. The van der Waals surface area contributed by atoms with E-state index >= 15 is 0 Å². The standard InChI is InChI=1S/C46H29NO2/c1-2-10-32(11-3-1)37-16-9-17-39-40-28-33(22-26-45(40)49-46(37)39)30-20-23-34(24-21-30)47(42-18-8-13-31-12-4-5-14-36(31)42)35-25-27-44-41(29-35)38-15-6-7-19-43(38)48-44/h1-29H. The Hall–Kier alpha value is -6.58. The smallest absolute Gasteiger partial charge is 0.143 e. The largest absolute Gasteiger partial charge is 0.456 e. The third-order valence-corrected chi connectivity index (χ3v) is 9.67. The third-order valence-electron chi connectivity index (χ3n) is 9.67. The number of hydrogen-bond donors (Lipinski definition) is 0. The number of furan rings is 2. The van der Waals surface area contributed by atoms with Crippen molar-refractivity contribution in [3.8, 4) is 22.3 Å². The van der Waals surface area contributed by atoms with E-state index in [1.54, 1.807) is 0 Å². The van der Waals surface area contributed by atoms with Gasteiger partial charge in [-0.15, -0.1) is 0 Å². The van der Waals surface area contributed by atoms with E-state index in [0.29, 0.717) is 0 Å². The van der Waals surface area contributed by atoms with Crippen LogP contribution in [-0.4, -0.2) is 0 Å². The van der Waals surface area contributed by atoms with Crippen molar-refractivity contribution >= 4 is 71.7 Å². The number of hydrogen-bond acceptors (Lipinski definition) is 3. The predicted octanol–water partition coefficient (Wildman–Crippen LogP) is 13.4. The molecule has 10 aromatic rings. The molecule has 2 heterocycles. The first-order chi connectivity index (χ1) is 24.3. The normalized spacial score (nSPS) is 11.7. The second-order valence-electron chi connectivity index (χ2n) is 12.5. The summed E-state index contributed by atoms with van der Waals surface area (Å²) in [5.74, 6) is 0. The number of anilines is 3. The van der Waals surface area contributed by atoms with Crippen molar-refractivity contribution in [2.45, 2.75) is 0 Å². The van der Waals surface area contributed by atoms with Crippen LogP contribution in [0.3, 0.4) is 0 Å². The third kappa shape index (κ3) is 4.51. The molecular formula is C46H29NO2. The molecule has 0 bridgehead atoms. The number of nitrogens with zero attached hydrogens (tertiary/aromatic N) is 1.